The fraction of sp³-hybridized carbons (Fsp3) is 0.474. The molecule has 1 aromatic carbocycles. The molecule has 24 heavy (non-hydrogen) atoms. The van der Waals surface area contributed by atoms with Crippen molar-refractivity contribution < 1.29 is 14.0 Å². The summed E-state index contributed by atoms with van der Waals surface area (Å²) in [6.07, 6.45) is 5.58. The van der Waals surface area contributed by atoms with E-state index in [1.165, 1.54) is 6.26 Å². The minimum Gasteiger partial charge on any atom is -0.463 e. The average molecular weight is 326 g/mol. The van der Waals surface area contributed by atoms with Crippen molar-refractivity contribution in [1.82, 2.24) is 4.90 Å². The second-order valence-corrected chi connectivity index (χ2v) is 6.99. The van der Waals surface area contributed by atoms with Crippen LogP contribution < -0.4 is 5.73 Å². The maximum atomic E-state index is 13.1. The maximum absolute atomic E-state index is 13.1. The predicted octanol–water partition coefficient (Wildman–Crippen LogP) is 2.72. The third kappa shape index (κ3) is 2.22. The molecular formula is C19H22N2O3. The Hall–Kier alpha value is -2.30. The Balaban J connectivity index is 1.72. The molecule has 2 fully saturated rings. The van der Waals surface area contributed by atoms with Gasteiger partial charge in [-0.25, -0.2) is 0 Å². The molecule has 126 valence electrons. The van der Waals surface area contributed by atoms with E-state index in [-0.39, 0.29) is 17.7 Å². The van der Waals surface area contributed by atoms with E-state index in [9.17, 15) is 9.59 Å². The molecule has 1 saturated heterocycles. The summed E-state index contributed by atoms with van der Waals surface area (Å²) in [6, 6.07) is 5.42. The molecule has 1 saturated carbocycles. The molecule has 2 amide bonds. The Morgan fingerprint density at radius 1 is 1.33 bits per heavy atom. The van der Waals surface area contributed by atoms with Crippen LogP contribution in [0.25, 0.3) is 11.0 Å². The monoisotopic (exact) mass is 326 g/mol. The van der Waals surface area contributed by atoms with Gasteiger partial charge in [-0.1, -0.05) is 19.4 Å². The zero-order valence-electron chi connectivity index (χ0n) is 13.8. The number of likely N-dealkylation sites (tertiary alicyclic amines) is 1. The Labute approximate surface area is 140 Å². The van der Waals surface area contributed by atoms with E-state index < -0.39 is 6.04 Å². The number of benzene rings is 1. The van der Waals surface area contributed by atoms with Crippen molar-refractivity contribution in [2.45, 2.75) is 38.6 Å². The second kappa shape index (κ2) is 5.65. The number of aryl methyl sites for hydroxylation is 1. The van der Waals surface area contributed by atoms with Gasteiger partial charge in [-0.3, -0.25) is 9.59 Å². The van der Waals surface area contributed by atoms with Gasteiger partial charge in [0.1, 0.15) is 17.9 Å². The molecule has 1 aliphatic carbocycles. The zero-order chi connectivity index (χ0) is 16.8. The highest BCUT2D eigenvalue weighted by Crippen LogP contribution is 2.43. The highest BCUT2D eigenvalue weighted by atomic mass is 16.3. The molecule has 2 N–H and O–H groups in total. The normalized spacial score (nSPS) is 26.0. The van der Waals surface area contributed by atoms with E-state index in [0.29, 0.717) is 23.6 Å². The summed E-state index contributed by atoms with van der Waals surface area (Å²) in [4.78, 5) is 26.8. The highest BCUT2D eigenvalue weighted by Gasteiger charge is 2.49. The number of furan rings is 1. The summed E-state index contributed by atoms with van der Waals surface area (Å²) in [6.45, 7) is 2.70. The van der Waals surface area contributed by atoms with Gasteiger partial charge >= 0.3 is 0 Å². The van der Waals surface area contributed by atoms with Crippen molar-refractivity contribution in [2.75, 3.05) is 6.54 Å². The van der Waals surface area contributed by atoms with Crippen molar-refractivity contribution in [3.05, 3.63) is 35.6 Å². The van der Waals surface area contributed by atoms with Gasteiger partial charge in [-0.05, 0) is 48.8 Å². The molecule has 2 aromatic rings. The summed E-state index contributed by atoms with van der Waals surface area (Å²) in [5.41, 5.74) is 8.03. The number of hydrogen-bond acceptors (Lipinski definition) is 3. The van der Waals surface area contributed by atoms with E-state index in [4.69, 9.17) is 10.2 Å². The Bertz CT molecular complexity index is 810. The van der Waals surface area contributed by atoms with Crippen LogP contribution in [0, 0.1) is 11.8 Å². The standard InChI is InChI=1S/C19H22N2O3/c1-2-11-6-7-16-14(8-11)15(10-24-16)19(23)21-9-12-4-3-5-13(12)17(21)18(20)22/h6-8,10,12-13,17H,2-5,9H2,1H3,(H2,20,22)/t12-,13+,17+/m0/s1. The minimum absolute atomic E-state index is 0.139. The lowest BCUT2D eigenvalue weighted by molar-refractivity contribution is -0.122. The van der Waals surface area contributed by atoms with Gasteiger partial charge < -0.3 is 15.1 Å². The number of rotatable bonds is 3. The van der Waals surface area contributed by atoms with E-state index in [0.717, 1.165) is 36.6 Å². The number of hydrogen-bond donors (Lipinski definition) is 1. The Morgan fingerprint density at radius 3 is 2.92 bits per heavy atom. The molecule has 0 radical (unpaired) electrons. The number of carbonyl (C=O) groups excluding carboxylic acids is 2. The van der Waals surface area contributed by atoms with Crippen LogP contribution in [-0.4, -0.2) is 29.3 Å². The van der Waals surface area contributed by atoms with Gasteiger partial charge in [-0.2, -0.15) is 0 Å². The van der Waals surface area contributed by atoms with Crippen molar-refractivity contribution >= 4 is 22.8 Å². The molecule has 5 heteroatoms. The number of nitrogens with zero attached hydrogens (tertiary/aromatic N) is 1. The van der Waals surface area contributed by atoms with Crippen LogP contribution in [0.5, 0.6) is 0 Å². The molecule has 1 aliphatic heterocycles. The number of fused-ring (bicyclic) bond motifs is 2. The number of nitrogens with two attached hydrogens (primary N) is 1. The summed E-state index contributed by atoms with van der Waals surface area (Å²) < 4.78 is 5.56. The van der Waals surface area contributed by atoms with Crippen LogP contribution in [0.2, 0.25) is 0 Å². The van der Waals surface area contributed by atoms with Gasteiger partial charge in [0.2, 0.25) is 5.91 Å². The van der Waals surface area contributed by atoms with Crippen LogP contribution in [0.4, 0.5) is 0 Å². The molecule has 4 rings (SSSR count). The van der Waals surface area contributed by atoms with Gasteiger partial charge in [0.05, 0.1) is 5.56 Å². The molecule has 0 unspecified atom stereocenters. The van der Waals surface area contributed by atoms with Gasteiger partial charge in [0, 0.05) is 11.9 Å². The first-order valence-corrected chi connectivity index (χ1v) is 8.70. The lowest BCUT2D eigenvalue weighted by Gasteiger charge is -2.24. The number of amides is 2. The van der Waals surface area contributed by atoms with Crippen molar-refractivity contribution in [1.29, 1.82) is 0 Å². The van der Waals surface area contributed by atoms with E-state index in [1.807, 2.05) is 18.2 Å². The average Bonchev–Trinajstić information content (AvgIpc) is 3.26. The van der Waals surface area contributed by atoms with Crippen LogP contribution in [-0.2, 0) is 11.2 Å². The summed E-state index contributed by atoms with van der Waals surface area (Å²) in [5.74, 6) is 0.0895. The van der Waals surface area contributed by atoms with E-state index in [1.54, 1.807) is 4.90 Å². The minimum atomic E-state index is -0.482. The summed E-state index contributed by atoms with van der Waals surface area (Å²) in [5, 5.41) is 0.819. The van der Waals surface area contributed by atoms with Crippen LogP contribution in [0.3, 0.4) is 0 Å². The van der Waals surface area contributed by atoms with Crippen molar-refractivity contribution in [3.8, 4) is 0 Å². The lowest BCUT2D eigenvalue weighted by atomic mass is 9.93. The molecule has 2 heterocycles. The second-order valence-electron chi connectivity index (χ2n) is 6.99. The van der Waals surface area contributed by atoms with Crippen molar-refractivity contribution in [3.63, 3.8) is 0 Å². The van der Waals surface area contributed by atoms with Crippen LogP contribution in [0.15, 0.2) is 28.9 Å². The number of primary amides is 1. The summed E-state index contributed by atoms with van der Waals surface area (Å²) in [7, 11) is 0. The fourth-order valence-electron chi connectivity index (χ4n) is 4.50. The molecule has 1 aromatic heterocycles. The van der Waals surface area contributed by atoms with Gasteiger partial charge in [-0.15, -0.1) is 0 Å². The smallest absolute Gasteiger partial charge is 0.258 e. The fourth-order valence-corrected chi connectivity index (χ4v) is 4.50. The van der Waals surface area contributed by atoms with Gasteiger partial charge in [0.25, 0.3) is 5.91 Å². The number of carbonyl (C=O) groups is 2. The Kier molecular flexibility index (Phi) is 3.59. The molecule has 2 aliphatic rings. The van der Waals surface area contributed by atoms with Crippen LogP contribution in [0.1, 0.15) is 42.1 Å². The topological polar surface area (TPSA) is 76.5 Å². The molecule has 0 spiro atoms. The van der Waals surface area contributed by atoms with E-state index in [2.05, 4.69) is 6.92 Å². The predicted molar refractivity (Wildman–Crippen MR) is 90.4 cm³/mol. The van der Waals surface area contributed by atoms with Crippen molar-refractivity contribution in [2.24, 2.45) is 17.6 Å². The zero-order valence-corrected chi connectivity index (χ0v) is 13.8. The quantitative estimate of drug-likeness (QED) is 0.942. The Morgan fingerprint density at radius 2 is 2.17 bits per heavy atom. The first-order valence-electron chi connectivity index (χ1n) is 8.70. The van der Waals surface area contributed by atoms with E-state index >= 15 is 0 Å². The summed E-state index contributed by atoms with van der Waals surface area (Å²) >= 11 is 0. The maximum Gasteiger partial charge on any atom is 0.258 e. The molecule has 0 bridgehead atoms. The SMILES string of the molecule is CCc1ccc2occ(C(=O)N3C[C@@H]4CCC[C@H]4[C@@H]3C(N)=O)c2c1. The molecule has 5 nitrogen and oxygen atoms in total. The third-order valence-electron chi connectivity index (χ3n) is 5.72. The largest absolute Gasteiger partial charge is 0.463 e. The van der Waals surface area contributed by atoms with Gasteiger partial charge in [0.15, 0.2) is 0 Å². The van der Waals surface area contributed by atoms with Crippen LogP contribution >= 0.6 is 0 Å². The molecular weight excluding hydrogens is 304 g/mol. The lowest BCUT2D eigenvalue weighted by Crippen LogP contribution is -2.46. The third-order valence-corrected chi connectivity index (χ3v) is 5.72. The first-order chi connectivity index (χ1) is 11.6. The molecule has 3 atom stereocenters. The first kappa shape index (κ1) is 15.2. The highest BCUT2D eigenvalue weighted by molar-refractivity contribution is 6.07.